The first kappa shape index (κ1) is 14.5. The number of anilines is 1. The fourth-order valence-corrected chi connectivity index (χ4v) is 3.29. The smallest absolute Gasteiger partial charge is 0.202 e. The predicted molar refractivity (Wildman–Crippen MR) is 82.6 cm³/mol. The van der Waals surface area contributed by atoms with E-state index >= 15 is 0 Å². The van der Waals surface area contributed by atoms with Crippen molar-refractivity contribution >= 4 is 16.7 Å². The van der Waals surface area contributed by atoms with E-state index < -0.39 is 0 Å². The van der Waals surface area contributed by atoms with Crippen LogP contribution in [0.5, 0.6) is 0 Å². The summed E-state index contributed by atoms with van der Waals surface area (Å²) in [5.41, 5.74) is 0. The van der Waals surface area contributed by atoms with Crippen molar-refractivity contribution in [3.05, 3.63) is 24.0 Å². The first-order chi connectivity index (χ1) is 10.2. The maximum atomic E-state index is 5.89. The molecule has 2 aromatic rings. The minimum absolute atomic E-state index is 0.0219. The molecular formula is C14H21N5OS. The molecule has 3 heterocycles. The molecule has 2 atom stereocenters. The first-order valence-electron chi connectivity index (χ1n) is 7.41. The fourth-order valence-electron chi connectivity index (χ4n) is 2.52. The lowest BCUT2D eigenvalue weighted by atomic mass is 10.1. The van der Waals surface area contributed by atoms with Crippen LogP contribution in [0.3, 0.4) is 0 Å². The van der Waals surface area contributed by atoms with Crippen LogP contribution in [0, 0.1) is 0 Å². The Labute approximate surface area is 128 Å². The molecule has 1 N–H and O–H groups in total. The van der Waals surface area contributed by atoms with E-state index in [1.807, 2.05) is 12.4 Å². The number of ether oxygens (including phenoxy) is 1. The van der Waals surface area contributed by atoms with Crippen LogP contribution in [-0.4, -0.2) is 31.6 Å². The zero-order chi connectivity index (χ0) is 14.8. The van der Waals surface area contributed by atoms with Gasteiger partial charge in [-0.3, -0.25) is 0 Å². The molecule has 7 heteroatoms. The van der Waals surface area contributed by atoms with Crippen molar-refractivity contribution in [1.82, 2.24) is 18.9 Å². The van der Waals surface area contributed by atoms with Crippen LogP contribution in [-0.2, 0) is 11.3 Å². The normalized spacial score (nSPS) is 22.1. The molecule has 0 saturated carbocycles. The lowest BCUT2D eigenvalue weighted by molar-refractivity contribution is 0.0976. The van der Waals surface area contributed by atoms with E-state index in [9.17, 15) is 0 Å². The predicted octanol–water partition coefficient (Wildman–Crippen LogP) is 2.82. The van der Waals surface area contributed by atoms with Crippen molar-refractivity contribution in [2.45, 2.75) is 51.8 Å². The molecule has 0 spiro atoms. The van der Waals surface area contributed by atoms with Crippen molar-refractivity contribution in [3.8, 4) is 0 Å². The summed E-state index contributed by atoms with van der Waals surface area (Å²) in [6.07, 6.45) is 4.76. The standard InChI is InChI=1S/C14H21N5OS/c1-4-19-7-6-15-13(19)11-10(5-8-20-11)16-14-17-12(9(2)3)18-21-14/h6-7,9-11H,4-5,8H2,1-3H3,(H,16,17,18)/t10-,11-/m0/s1. The van der Waals surface area contributed by atoms with Gasteiger partial charge in [-0.2, -0.15) is 4.37 Å². The van der Waals surface area contributed by atoms with E-state index in [2.05, 4.69) is 45.0 Å². The number of aromatic nitrogens is 4. The molecule has 0 aromatic carbocycles. The molecule has 1 aliphatic heterocycles. The van der Waals surface area contributed by atoms with E-state index in [0.717, 1.165) is 36.4 Å². The summed E-state index contributed by atoms with van der Waals surface area (Å²) in [5, 5.41) is 4.34. The molecule has 114 valence electrons. The number of nitrogens with one attached hydrogen (secondary N) is 1. The molecule has 3 rings (SSSR count). The van der Waals surface area contributed by atoms with Crippen LogP contribution in [0.1, 0.15) is 50.9 Å². The highest BCUT2D eigenvalue weighted by Crippen LogP contribution is 2.31. The molecule has 6 nitrogen and oxygen atoms in total. The molecule has 0 aliphatic carbocycles. The highest BCUT2D eigenvalue weighted by molar-refractivity contribution is 7.09. The summed E-state index contributed by atoms with van der Waals surface area (Å²) in [7, 11) is 0. The zero-order valence-electron chi connectivity index (χ0n) is 12.6. The molecule has 0 bridgehead atoms. The van der Waals surface area contributed by atoms with Gasteiger partial charge in [-0.1, -0.05) is 13.8 Å². The second kappa shape index (κ2) is 6.11. The van der Waals surface area contributed by atoms with Crippen molar-refractivity contribution in [2.24, 2.45) is 0 Å². The average molecular weight is 307 g/mol. The quantitative estimate of drug-likeness (QED) is 0.920. The van der Waals surface area contributed by atoms with Crippen molar-refractivity contribution < 1.29 is 4.74 Å². The highest BCUT2D eigenvalue weighted by atomic mass is 32.1. The highest BCUT2D eigenvalue weighted by Gasteiger charge is 2.33. The van der Waals surface area contributed by atoms with Crippen molar-refractivity contribution in [1.29, 1.82) is 0 Å². The summed E-state index contributed by atoms with van der Waals surface area (Å²) in [6.45, 7) is 7.96. The van der Waals surface area contributed by atoms with Gasteiger partial charge in [-0.15, -0.1) is 0 Å². The molecule has 1 saturated heterocycles. The van der Waals surface area contributed by atoms with Gasteiger partial charge in [0, 0.05) is 43.0 Å². The monoisotopic (exact) mass is 307 g/mol. The number of imidazole rings is 1. The molecule has 0 amide bonds. The second-order valence-corrected chi connectivity index (χ2v) is 6.27. The molecule has 21 heavy (non-hydrogen) atoms. The van der Waals surface area contributed by atoms with Gasteiger partial charge < -0.3 is 14.6 Å². The van der Waals surface area contributed by atoms with Crippen molar-refractivity contribution in [3.63, 3.8) is 0 Å². The number of nitrogens with zero attached hydrogens (tertiary/aromatic N) is 4. The number of aryl methyl sites for hydroxylation is 1. The third-order valence-electron chi connectivity index (χ3n) is 3.70. The first-order valence-corrected chi connectivity index (χ1v) is 8.19. The SMILES string of the molecule is CCn1ccnc1[C@H]1OCC[C@@H]1Nc1nc(C(C)C)ns1. The summed E-state index contributed by atoms with van der Waals surface area (Å²) >= 11 is 1.42. The average Bonchev–Trinajstić information content (AvgIpc) is 3.18. The third-order valence-corrected chi connectivity index (χ3v) is 4.36. The van der Waals surface area contributed by atoms with E-state index in [0.29, 0.717) is 5.92 Å². The van der Waals surface area contributed by atoms with Crippen molar-refractivity contribution in [2.75, 3.05) is 11.9 Å². The van der Waals surface area contributed by atoms with Gasteiger partial charge in [0.25, 0.3) is 0 Å². The number of rotatable bonds is 5. The molecule has 1 fully saturated rings. The van der Waals surface area contributed by atoms with Crippen LogP contribution in [0.2, 0.25) is 0 Å². The number of hydrogen-bond donors (Lipinski definition) is 1. The summed E-state index contributed by atoms with van der Waals surface area (Å²) in [5.74, 6) is 2.24. The van der Waals surface area contributed by atoms with E-state index in [1.54, 1.807) is 0 Å². The fraction of sp³-hybridized carbons (Fsp3) is 0.643. The van der Waals surface area contributed by atoms with Crippen LogP contribution >= 0.6 is 11.5 Å². The van der Waals surface area contributed by atoms with Crippen LogP contribution in [0.25, 0.3) is 0 Å². The summed E-state index contributed by atoms with van der Waals surface area (Å²) in [6, 6.07) is 0.200. The minimum atomic E-state index is -0.0219. The Bertz CT molecular complexity index is 594. The Kier molecular flexibility index (Phi) is 4.21. The van der Waals surface area contributed by atoms with E-state index in [1.165, 1.54) is 11.5 Å². The topological polar surface area (TPSA) is 64.9 Å². The maximum Gasteiger partial charge on any atom is 0.202 e. The Morgan fingerprint density at radius 3 is 3.10 bits per heavy atom. The van der Waals surface area contributed by atoms with Gasteiger partial charge in [0.15, 0.2) is 0 Å². The largest absolute Gasteiger partial charge is 0.368 e. The molecular weight excluding hydrogens is 286 g/mol. The number of hydrogen-bond acceptors (Lipinski definition) is 6. The molecule has 0 unspecified atom stereocenters. The summed E-state index contributed by atoms with van der Waals surface area (Å²) in [4.78, 5) is 9.00. The van der Waals surface area contributed by atoms with Gasteiger partial charge >= 0.3 is 0 Å². The lowest BCUT2D eigenvalue weighted by Crippen LogP contribution is -2.25. The molecule has 1 aliphatic rings. The van der Waals surface area contributed by atoms with Gasteiger partial charge in [0.2, 0.25) is 5.13 Å². The maximum absolute atomic E-state index is 5.89. The van der Waals surface area contributed by atoms with E-state index in [4.69, 9.17) is 4.74 Å². The third kappa shape index (κ3) is 2.94. The van der Waals surface area contributed by atoms with Gasteiger partial charge in [-0.25, -0.2) is 9.97 Å². The van der Waals surface area contributed by atoms with Crippen LogP contribution < -0.4 is 5.32 Å². The lowest BCUT2D eigenvalue weighted by Gasteiger charge is -2.19. The Morgan fingerprint density at radius 1 is 1.52 bits per heavy atom. The van der Waals surface area contributed by atoms with Crippen LogP contribution in [0.4, 0.5) is 5.13 Å². The van der Waals surface area contributed by atoms with Gasteiger partial charge in [0.1, 0.15) is 17.8 Å². The zero-order valence-corrected chi connectivity index (χ0v) is 13.4. The summed E-state index contributed by atoms with van der Waals surface area (Å²) < 4.78 is 12.4. The second-order valence-electron chi connectivity index (χ2n) is 5.51. The van der Waals surface area contributed by atoms with E-state index in [-0.39, 0.29) is 12.1 Å². The van der Waals surface area contributed by atoms with Gasteiger partial charge in [-0.05, 0) is 13.3 Å². The van der Waals surface area contributed by atoms with Crippen LogP contribution in [0.15, 0.2) is 12.4 Å². The Balaban J connectivity index is 1.75. The molecule has 0 radical (unpaired) electrons. The minimum Gasteiger partial charge on any atom is -0.368 e. The Morgan fingerprint density at radius 2 is 2.38 bits per heavy atom. The molecule has 2 aromatic heterocycles. The van der Waals surface area contributed by atoms with Gasteiger partial charge in [0.05, 0.1) is 6.04 Å². The Hall–Kier alpha value is -1.47.